The fourth-order valence-electron chi connectivity index (χ4n) is 2.81. The summed E-state index contributed by atoms with van der Waals surface area (Å²) >= 11 is 0. The van der Waals surface area contributed by atoms with Gasteiger partial charge in [0.15, 0.2) is 5.96 Å². The molecular formula is C21H24IN7. The lowest BCUT2D eigenvalue weighted by Crippen LogP contribution is -2.22. The van der Waals surface area contributed by atoms with E-state index in [4.69, 9.17) is 11.5 Å². The van der Waals surface area contributed by atoms with E-state index < -0.39 is 0 Å². The van der Waals surface area contributed by atoms with Crippen molar-refractivity contribution in [3.63, 3.8) is 0 Å². The summed E-state index contributed by atoms with van der Waals surface area (Å²) in [6, 6.07) is 19.6. The van der Waals surface area contributed by atoms with Crippen molar-refractivity contribution in [1.29, 1.82) is 5.26 Å². The summed E-state index contributed by atoms with van der Waals surface area (Å²) in [5, 5.41) is 17.0. The van der Waals surface area contributed by atoms with E-state index in [0.29, 0.717) is 42.4 Å². The van der Waals surface area contributed by atoms with Crippen molar-refractivity contribution in [2.24, 2.45) is 10.7 Å². The second kappa shape index (κ2) is 10.5. The normalized spacial score (nSPS) is 10.8. The Hall–Kier alpha value is -3.06. The number of aromatic nitrogens is 2. The van der Waals surface area contributed by atoms with E-state index in [1.165, 1.54) is 5.56 Å². The Morgan fingerprint density at radius 2 is 1.86 bits per heavy atom. The molecular weight excluding hydrogens is 477 g/mol. The summed E-state index contributed by atoms with van der Waals surface area (Å²) in [6.45, 7) is 2.55. The average Bonchev–Trinajstić information content (AvgIpc) is 3.03. The molecule has 0 bridgehead atoms. The van der Waals surface area contributed by atoms with Crippen LogP contribution in [-0.2, 0) is 6.42 Å². The molecule has 0 radical (unpaired) electrons. The zero-order valence-corrected chi connectivity index (χ0v) is 18.5. The number of nitrogens with zero attached hydrogens (tertiary/aromatic N) is 4. The summed E-state index contributed by atoms with van der Waals surface area (Å²) in [5.41, 5.74) is 16.0. The van der Waals surface area contributed by atoms with Gasteiger partial charge in [-0.3, -0.25) is 4.99 Å². The van der Waals surface area contributed by atoms with Gasteiger partial charge in [-0.1, -0.05) is 35.9 Å². The highest BCUT2D eigenvalue weighted by atomic mass is 127. The van der Waals surface area contributed by atoms with Crippen LogP contribution in [0, 0.1) is 18.3 Å². The van der Waals surface area contributed by atoms with Crippen molar-refractivity contribution in [2.75, 3.05) is 17.6 Å². The number of guanidine groups is 1. The number of nitrogens with one attached hydrogen (secondary N) is 1. The van der Waals surface area contributed by atoms with E-state index in [9.17, 15) is 5.26 Å². The van der Waals surface area contributed by atoms with Crippen molar-refractivity contribution in [2.45, 2.75) is 19.8 Å². The molecule has 1 aromatic heterocycles. The number of aliphatic imine (C=N–C) groups is 1. The molecule has 0 fully saturated rings. The SMILES string of the molecule is Cc1ccc(NC(N)=NCCCc2nn(-c3ccccc3)c(N)c2C#N)cc1.I. The first-order valence-electron chi connectivity index (χ1n) is 9.05. The van der Waals surface area contributed by atoms with E-state index in [-0.39, 0.29) is 24.0 Å². The highest BCUT2D eigenvalue weighted by molar-refractivity contribution is 14.0. The average molecular weight is 501 g/mol. The molecule has 0 saturated heterocycles. The Bertz CT molecular complexity index is 1000. The molecule has 2 aromatic carbocycles. The highest BCUT2D eigenvalue weighted by Crippen LogP contribution is 2.21. The molecule has 0 atom stereocenters. The van der Waals surface area contributed by atoms with Crippen LogP contribution in [0.3, 0.4) is 0 Å². The smallest absolute Gasteiger partial charge is 0.193 e. The van der Waals surface area contributed by atoms with E-state index >= 15 is 0 Å². The minimum absolute atomic E-state index is 0. The van der Waals surface area contributed by atoms with Gasteiger partial charge in [0.1, 0.15) is 17.5 Å². The monoisotopic (exact) mass is 501 g/mol. The third kappa shape index (κ3) is 5.71. The number of hydrogen-bond acceptors (Lipinski definition) is 4. The van der Waals surface area contributed by atoms with Gasteiger partial charge in [0.2, 0.25) is 0 Å². The Morgan fingerprint density at radius 1 is 1.17 bits per heavy atom. The van der Waals surface area contributed by atoms with Gasteiger partial charge in [0.05, 0.1) is 11.4 Å². The van der Waals surface area contributed by atoms with Gasteiger partial charge in [-0.15, -0.1) is 24.0 Å². The molecule has 8 heteroatoms. The standard InChI is InChI=1S/C21H23N7.HI/c1-15-9-11-16(12-10-15)26-21(24)25-13-5-8-19-18(14-22)20(23)28(27-19)17-6-3-2-4-7-17;/h2-4,6-7,9-12H,5,8,13,23H2,1H3,(H3,24,25,26);1H. The van der Waals surface area contributed by atoms with Crippen molar-refractivity contribution in [1.82, 2.24) is 9.78 Å². The van der Waals surface area contributed by atoms with Crippen LogP contribution < -0.4 is 16.8 Å². The molecule has 3 aromatic rings. The topological polar surface area (TPSA) is 118 Å². The van der Waals surface area contributed by atoms with Crippen LogP contribution in [0.15, 0.2) is 59.6 Å². The zero-order chi connectivity index (χ0) is 19.9. The minimum Gasteiger partial charge on any atom is -0.382 e. The molecule has 0 aliphatic heterocycles. The van der Waals surface area contributed by atoms with E-state index in [0.717, 1.165) is 11.4 Å². The summed E-state index contributed by atoms with van der Waals surface area (Å²) in [6.07, 6.45) is 1.30. The summed E-state index contributed by atoms with van der Waals surface area (Å²) in [7, 11) is 0. The third-order valence-electron chi connectivity index (χ3n) is 4.28. The van der Waals surface area contributed by atoms with Crippen LogP contribution in [0.1, 0.15) is 23.2 Å². The quantitative estimate of drug-likeness (QED) is 0.207. The van der Waals surface area contributed by atoms with Crippen LogP contribution in [0.2, 0.25) is 0 Å². The van der Waals surface area contributed by atoms with Crippen LogP contribution in [0.25, 0.3) is 5.69 Å². The van der Waals surface area contributed by atoms with Gasteiger partial charge < -0.3 is 16.8 Å². The van der Waals surface area contributed by atoms with Crippen LogP contribution >= 0.6 is 24.0 Å². The summed E-state index contributed by atoms with van der Waals surface area (Å²) in [5.74, 6) is 0.714. The molecule has 0 spiro atoms. The number of anilines is 2. The Morgan fingerprint density at radius 3 is 2.52 bits per heavy atom. The number of rotatable bonds is 6. The number of benzene rings is 2. The van der Waals surface area contributed by atoms with Crippen LogP contribution in [0.4, 0.5) is 11.5 Å². The highest BCUT2D eigenvalue weighted by Gasteiger charge is 2.15. The van der Waals surface area contributed by atoms with Gasteiger partial charge in [-0.25, -0.2) is 4.68 Å². The molecule has 29 heavy (non-hydrogen) atoms. The first-order valence-corrected chi connectivity index (χ1v) is 9.05. The third-order valence-corrected chi connectivity index (χ3v) is 4.28. The summed E-state index contributed by atoms with van der Waals surface area (Å²) < 4.78 is 1.60. The Kier molecular flexibility index (Phi) is 8.03. The maximum atomic E-state index is 9.45. The van der Waals surface area contributed by atoms with E-state index in [1.807, 2.05) is 61.5 Å². The molecule has 0 amide bonds. The maximum Gasteiger partial charge on any atom is 0.193 e. The molecule has 5 N–H and O–H groups in total. The lowest BCUT2D eigenvalue weighted by Gasteiger charge is -2.05. The van der Waals surface area contributed by atoms with Gasteiger partial charge in [0.25, 0.3) is 0 Å². The van der Waals surface area contributed by atoms with Crippen molar-refractivity contribution in [3.8, 4) is 11.8 Å². The molecule has 7 nitrogen and oxygen atoms in total. The number of nitrogen functional groups attached to an aromatic ring is 1. The largest absolute Gasteiger partial charge is 0.382 e. The van der Waals surface area contributed by atoms with Crippen LogP contribution in [-0.4, -0.2) is 22.3 Å². The number of aryl methyl sites for hydroxylation is 2. The zero-order valence-electron chi connectivity index (χ0n) is 16.2. The van der Waals surface area contributed by atoms with Gasteiger partial charge in [-0.2, -0.15) is 10.4 Å². The predicted octanol–water partition coefficient (Wildman–Crippen LogP) is 3.61. The lowest BCUT2D eigenvalue weighted by molar-refractivity contribution is 0.776. The van der Waals surface area contributed by atoms with Crippen LogP contribution in [0.5, 0.6) is 0 Å². The number of nitrogens with two attached hydrogens (primary N) is 2. The number of para-hydroxylation sites is 1. The second-order valence-corrected chi connectivity index (χ2v) is 6.43. The second-order valence-electron chi connectivity index (χ2n) is 6.43. The van der Waals surface area contributed by atoms with Gasteiger partial charge in [-0.05, 0) is 44.0 Å². The Labute approximate surface area is 187 Å². The molecule has 3 rings (SSSR count). The summed E-state index contributed by atoms with van der Waals surface area (Å²) in [4.78, 5) is 4.33. The van der Waals surface area contributed by atoms with Crippen molar-refractivity contribution < 1.29 is 0 Å². The fraction of sp³-hybridized carbons (Fsp3) is 0.190. The Balaban J connectivity index is 0.00000300. The van der Waals surface area contributed by atoms with Crippen molar-refractivity contribution in [3.05, 3.63) is 71.4 Å². The maximum absolute atomic E-state index is 9.45. The van der Waals surface area contributed by atoms with E-state index in [1.54, 1.807) is 4.68 Å². The van der Waals surface area contributed by atoms with Gasteiger partial charge in [0, 0.05) is 12.2 Å². The molecule has 0 aliphatic rings. The number of nitriles is 1. The minimum atomic E-state index is 0. The van der Waals surface area contributed by atoms with Gasteiger partial charge >= 0.3 is 0 Å². The molecule has 0 unspecified atom stereocenters. The van der Waals surface area contributed by atoms with Crippen molar-refractivity contribution >= 4 is 41.4 Å². The first-order chi connectivity index (χ1) is 13.6. The molecule has 150 valence electrons. The first kappa shape index (κ1) is 22.2. The molecule has 0 saturated carbocycles. The molecule has 1 heterocycles. The number of hydrogen-bond donors (Lipinski definition) is 3. The molecule has 0 aliphatic carbocycles. The lowest BCUT2D eigenvalue weighted by atomic mass is 10.1. The fourth-order valence-corrected chi connectivity index (χ4v) is 2.81. The van der Waals surface area contributed by atoms with E-state index in [2.05, 4.69) is 21.5 Å². The predicted molar refractivity (Wildman–Crippen MR) is 128 cm³/mol. The number of halogens is 1.